The van der Waals surface area contributed by atoms with E-state index in [0.29, 0.717) is 0 Å². The summed E-state index contributed by atoms with van der Waals surface area (Å²) in [4.78, 5) is 0. The van der Waals surface area contributed by atoms with E-state index in [-0.39, 0.29) is 5.41 Å². The van der Waals surface area contributed by atoms with Crippen molar-refractivity contribution in [2.75, 3.05) is 13.7 Å². The minimum Gasteiger partial charge on any atom is -0.496 e. The molecule has 1 aromatic rings. The van der Waals surface area contributed by atoms with E-state index in [1.807, 2.05) is 12.1 Å². The molecule has 1 aliphatic carbocycles. The number of hydrogen-bond acceptors (Lipinski definition) is 2. The molecule has 1 N–H and O–H groups in total. The molecule has 0 amide bonds. The highest BCUT2D eigenvalue weighted by Crippen LogP contribution is 2.32. The maximum absolute atomic E-state index is 5.46. The summed E-state index contributed by atoms with van der Waals surface area (Å²) in [5.74, 6) is 0.992. The zero-order valence-electron chi connectivity index (χ0n) is 12.1. The highest BCUT2D eigenvalue weighted by atomic mass is 79.9. The number of halogens is 1. The van der Waals surface area contributed by atoms with Crippen LogP contribution < -0.4 is 10.1 Å². The van der Waals surface area contributed by atoms with Gasteiger partial charge >= 0.3 is 0 Å². The summed E-state index contributed by atoms with van der Waals surface area (Å²) in [5, 5.41) is 3.60. The smallest absolute Gasteiger partial charge is 0.122 e. The van der Waals surface area contributed by atoms with Gasteiger partial charge in [0.1, 0.15) is 5.75 Å². The van der Waals surface area contributed by atoms with Crippen molar-refractivity contribution in [3.05, 3.63) is 28.2 Å². The molecular formula is C16H24BrNO. The quantitative estimate of drug-likeness (QED) is 0.812. The van der Waals surface area contributed by atoms with E-state index in [2.05, 4.69) is 41.2 Å². The largest absolute Gasteiger partial charge is 0.496 e. The van der Waals surface area contributed by atoms with Crippen molar-refractivity contribution >= 4 is 15.9 Å². The second kappa shape index (κ2) is 6.27. The third kappa shape index (κ3) is 4.81. The monoisotopic (exact) mass is 325 g/mol. The minimum atomic E-state index is 0.288. The van der Waals surface area contributed by atoms with Gasteiger partial charge in [0, 0.05) is 10.5 Å². The average Bonchev–Trinajstić information content (AvgIpc) is 3.12. The molecule has 0 aliphatic heterocycles. The third-order valence-electron chi connectivity index (χ3n) is 3.72. The average molecular weight is 326 g/mol. The summed E-state index contributed by atoms with van der Waals surface area (Å²) in [6.45, 7) is 5.79. The van der Waals surface area contributed by atoms with E-state index in [1.54, 1.807) is 7.11 Å². The molecule has 1 saturated carbocycles. The summed E-state index contributed by atoms with van der Waals surface area (Å²) >= 11 is 3.55. The molecule has 0 heterocycles. The number of rotatable bonds is 7. The lowest BCUT2D eigenvalue weighted by Crippen LogP contribution is -2.25. The molecule has 0 radical (unpaired) electrons. The Hall–Kier alpha value is -0.540. The standard InChI is InChI=1S/C16H24BrNO/c1-16(2,8-9-18-14-5-6-14)11-12-10-13(17)4-7-15(12)19-3/h4,7,10,14,18H,5-6,8-9,11H2,1-3H3. The van der Waals surface area contributed by atoms with Crippen LogP contribution in [-0.4, -0.2) is 19.7 Å². The van der Waals surface area contributed by atoms with Crippen molar-refractivity contribution in [2.45, 2.75) is 45.6 Å². The molecule has 0 bridgehead atoms. The summed E-state index contributed by atoms with van der Waals surface area (Å²) in [6, 6.07) is 7.05. The molecule has 2 rings (SSSR count). The molecule has 1 aliphatic rings. The summed E-state index contributed by atoms with van der Waals surface area (Å²) in [6.07, 6.45) is 4.96. The van der Waals surface area contributed by atoms with E-state index in [0.717, 1.165) is 29.2 Å². The van der Waals surface area contributed by atoms with Crippen molar-refractivity contribution < 1.29 is 4.74 Å². The first-order valence-electron chi connectivity index (χ1n) is 7.06. The van der Waals surface area contributed by atoms with Gasteiger partial charge in [0.2, 0.25) is 0 Å². The second-order valence-electron chi connectivity index (χ2n) is 6.28. The van der Waals surface area contributed by atoms with Crippen molar-refractivity contribution in [3.8, 4) is 5.75 Å². The van der Waals surface area contributed by atoms with Crippen LogP contribution in [0, 0.1) is 5.41 Å². The van der Waals surface area contributed by atoms with E-state index in [4.69, 9.17) is 4.74 Å². The van der Waals surface area contributed by atoms with Gasteiger partial charge in [-0.1, -0.05) is 29.8 Å². The van der Waals surface area contributed by atoms with E-state index in [9.17, 15) is 0 Å². The van der Waals surface area contributed by atoms with Gasteiger partial charge in [0.25, 0.3) is 0 Å². The predicted molar refractivity (Wildman–Crippen MR) is 83.8 cm³/mol. The molecule has 0 unspecified atom stereocenters. The van der Waals surface area contributed by atoms with Crippen molar-refractivity contribution in [3.63, 3.8) is 0 Å². The fourth-order valence-electron chi connectivity index (χ4n) is 2.39. The zero-order chi connectivity index (χ0) is 13.9. The molecule has 0 aromatic heterocycles. The predicted octanol–water partition coefficient (Wildman–Crippen LogP) is 4.17. The molecule has 1 fully saturated rings. The number of methoxy groups -OCH3 is 1. The second-order valence-corrected chi connectivity index (χ2v) is 7.19. The van der Waals surface area contributed by atoms with Gasteiger partial charge in [-0.15, -0.1) is 0 Å². The van der Waals surface area contributed by atoms with Gasteiger partial charge in [0.15, 0.2) is 0 Å². The fourth-order valence-corrected chi connectivity index (χ4v) is 2.80. The lowest BCUT2D eigenvalue weighted by atomic mass is 9.82. The Morgan fingerprint density at radius 2 is 2.11 bits per heavy atom. The van der Waals surface area contributed by atoms with Crippen LogP contribution in [-0.2, 0) is 6.42 Å². The van der Waals surface area contributed by atoms with E-state index in [1.165, 1.54) is 24.8 Å². The lowest BCUT2D eigenvalue weighted by molar-refractivity contribution is 0.317. The molecule has 2 nitrogen and oxygen atoms in total. The van der Waals surface area contributed by atoms with Crippen LogP contribution in [0.5, 0.6) is 5.75 Å². The number of ether oxygens (including phenoxy) is 1. The lowest BCUT2D eigenvalue weighted by Gasteiger charge is -2.26. The number of hydrogen-bond donors (Lipinski definition) is 1. The highest BCUT2D eigenvalue weighted by molar-refractivity contribution is 9.10. The van der Waals surface area contributed by atoms with Crippen molar-refractivity contribution in [1.29, 1.82) is 0 Å². The molecule has 1 aromatic carbocycles. The zero-order valence-corrected chi connectivity index (χ0v) is 13.7. The van der Waals surface area contributed by atoms with Gasteiger partial charge in [-0.2, -0.15) is 0 Å². The van der Waals surface area contributed by atoms with Gasteiger partial charge < -0.3 is 10.1 Å². The molecule has 0 spiro atoms. The Kier molecular flexibility index (Phi) is 4.91. The van der Waals surface area contributed by atoms with Crippen LogP contribution in [0.1, 0.15) is 38.7 Å². The maximum Gasteiger partial charge on any atom is 0.122 e. The molecule has 3 heteroatoms. The Morgan fingerprint density at radius 1 is 1.37 bits per heavy atom. The van der Waals surface area contributed by atoms with Crippen molar-refractivity contribution in [2.24, 2.45) is 5.41 Å². The van der Waals surface area contributed by atoms with E-state index < -0.39 is 0 Å². The number of nitrogens with one attached hydrogen (secondary N) is 1. The first-order valence-corrected chi connectivity index (χ1v) is 7.85. The summed E-state index contributed by atoms with van der Waals surface area (Å²) in [7, 11) is 1.74. The van der Waals surface area contributed by atoms with Gasteiger partial charge in [0.05, 0.1) is 7.11 Å². The summed E-state index contributed by atoms with van der Waals surface area (Å²) in [5.41, 5.74) is 1.57. The van der Waals surface area contributed by atoms with Crippen molar-refractivity contribution in [1.82, 2.24) is 5.32 Å². The van der Waals surface area contributed by atoms with Crippen LogP contribution in [0.2, 0.25) is 0 Å². The van der Waals surface area contributed by atoms with Crippen LogP contribution >= 0.6 is 15.9 Å². The fraction of sp³-hybridized carbons (Fsp3) is 0.625. The Morgan fingerprint density at radius 3 is 2.74 bits per heavy atom. The Labute approximate surface area is 125 Å². The van der Waals surface area contributed by atoms with Gasteiger partial charge in [-0.05, 0) is 61.4 Å². The molecule has 106 valence electrons. The topological polar surface area (TPSA) is 21.3 Å². The Balaban J connectivity index is 1.94. The first-order chi connectivity index (χ1) is 9.00. The normalized spacial score (nSPS) is 15.6. The molecule has 0 atom stereocenters. The third-order valence-corrected chi connectivity index (χ3v) is 4.22. The number of benzene rings is 1. The van der Waals surface area contributed by atoms with Gasteiger partial charge in [-0.3, -0.25) is 0 Å². The maximum atomic E-state index is 5.46. The van der Waals surface area contributed by atoms with E-state index >= 15 is 0 Å². The molecular weight excluding hydrogens is 302 g/mol. The molecule has 19 heavy (non-hydrogen) atoms. The first kappa shape index (κ1) is 14.9. The van der Waals surface area contributed by atoms with Gasteiger partial charge in [-0.25, -0.2) is 0 Å². The SMILES string of the molecule is COc1ccc(Br)cc1CC(C)(C)CCNC1CC1. The summed E-state index contributed by atoms with van der Waals surface area (Å²) < 4.78 is 6.58. The van der Waals surface area contributed by atoms with Crippen LogP contribution in [0.25, 0.3) is 0 Å². The molecule has 0 saturated heterocycles. The highest BCUT2D eigenvalue weighted by Gasteiger charge is 2.24. The van der Waals surface area contributed by atoms with Crippen LogP contribution in [0.15, 0.2) is 22.7 Å². The van der Waals surface area contributed by atoms with Crippen LogP contribution in [0.4, 0.5) is 0 Å². The van der Waals surface area contributed by atoms with Crippen LogP contribution in [0.3, 0.4) is 0 Å². The Bertz CT molecular complexity index is 427. The minimum absolute atomic E-state index is 0.288.